The maximum absolute atomic E-state index is 13.0. The van der Waals surface area contributed by atoms with Crippen LogP contribution in [0, 0.1) is 6.92 Å². The minimum atomic E-state index is -3.50. The van der Waals surface area contributed by atoms with Gasteiger partial charge in [-0.15, -0.1) is 0 Å². The highest BCUT2D eigenvalue weighted by molar-refractivity contribution is 7.92. The van der Waals surface area contributed by atoms with Crippen molar-refractivity contribution in [3.63, 3.8) is 0 Å². The average Bonchev–Trinajstić information content (AvgIpc) is 3.04. The van der Waals surface area contributed by atoms with Crippen molar-refractivity contribution in [2.75, 3.05) is 0 Å². The number of carbonyl (C=O) groups excluding carboxylic acids is 1. The molecule has 2 aliphatic rings. The Labute approximate surface area is 143 Å². The molecule has 0 N–H and O–H groups in total. The number of fused-ring (bicyclic) bond motifs is 2. The molecule has 2 heterocycles. The lowest BCUT2D eigenvalue weighted by Gasteiger charge is -2.28. The zero-order valence-corrected chi connectivity index (χ0v) is 15.2. The standard InChI is InChI=1S/C18H23NO4S/c1-12-5-8-14(9-6-12)24(21,22)16-11-13-7-10-15(16)19(13)17(20)23-18(2,3)4/h5-10,13,15-16H,11H2,1-4H3/t13-,15+,16+/m1/s1. The van der Waals surface area contributed by atoms with Crippen LogP contribution in [0.2, 0.25) is 0 Å². The molecule has 0 aromatic heterocycles. The number of benzene rings is 1. The number of ether oxygens (including phenoxy) is 1. The SMILES string of the molecule is Cc1ccc(S(=O)(=O)[C@H]2C[C@H]3C=C[C@@H]2N3C(=O)OC(C)(C)C)cc1. The van der Waals surface area contributed by atoms with Crippen molar-refractivity contribution in [2.24, 2.45) is 0 Å². The predicted octanol–water partition coefficient (Wildman–Crippen LogP) is 3.09. The molecular weight excluding hydrogens is 326 g/mol. The second-order valence-electron chi connectivity index (χ2n) is 7.46. The van der Waals surface area contributed by atoms with Gasteiger partial charge in [0, 0.05) is 0 Å². The van der Waals surface area contributed by atoms with Gasteiger partial charge < -0.3 is 4.74 Å². The Morgan fingerprint density at radius 2 is 1.79 bits per heavy atom. The molecule has 0 spiro atoms. The van der Waals surface area contributed by atoms with Crippen LogP contribution in [0.5, 0.6) is 0 Å². The van der Waals surface area contributed by atoms with Crippen LogP contribution in [0.1, 0.15) is 32.8 Å². The van der Waals surface area contributed by atoms with Crippen molar-refractivity contribution in [3.8, 4) is 0 Å². The van der Waals surface area contributed by atoms with Crippen LogP contribution in [-0.4, -0.2) is 42.3 Å². The monoisotopic (exact) mass is 349 g/mol. The van der Waals surface area contributed by atoms with E-state index in [1.807, 2.05) is 19.1 Å². The number of amides is 1. The van der Waals surface area contributed by atoms with Gasteiger partial charge in [-0.2, -0.15) is 0 Å². The van der Waals surface area contributed by atoms with E-state index in [0.717, 1.165) is 5.56 Å². The molecule has 1 saturated heterocycles. The van der Waals surface area contributed by atoms with E-state index >= 15 is 0 Å². The van der Waals surface area contributed by atoms with Crippen LogP contribution in [0.3, 0.4) is 0 Å². The predicted molar refractivity (Wildman–Crippen MR) is 91.6 cm³/mol. The van der Waals surface area contributed by atoms with Crippen molar-refractivity contribution in [3.05, 3.63) is 42.0 Å². The smallest absolute Gasteiger partial charge is 0.411 e. The minimum absolute atomic E-state index is 0.213. The second-order valence-corrected chi connectivity index (χ2v) is 9.63. The van der Waals surface area contributed by atoms with Gasteiger partial charge in [0.05, 0.1) is 22.2 Å². The molecule has 1 fully saturated rings. The van der Waals surface area contributed by atoms with Crippen LogP contribution in [0.4, 0.5) is 4.79 Å². The number of aryl methyl sites for hydroxylation is 1. The number of rotatable bonds is 2. The van der Waals surface area contributed by atoms with Crippen LogP contribution in [0.15, 0.2) is 41.3 Å². The summed E-state index contributed by atoms with van der Waals surface area (Å²) in [4.78, 5) is 14.3. The summed E-state index contributed by atoms with van der Waals surface area (Å²) in [7, 11) is -3.50. The van der Waals surface area contributed by atoms with Crippen molar-refractivity contribution in [2.45, 2.75) is 61.9 Å². The highest BCUT2D eigenvalue weighted by atomic mass is 32.2. The van der Waals surface area contributed by atoms with Crippen molar-refractivity contribution < 1.29 is 17.9 Å². The first kappa shape index (κ1) is 17.0. The van der Waals surface area contributed by atoms with Gasteiger partial charge in [0.1, 0.15) is 5.60 Å². The van der Waals surface area contributed by atoms with Crippen LogP contribution >= 0.6 is 0 Å². The Morgan fingerprint density at radius 1 is 1.17 bits per heavy atom. The molecule has 24 heavy (non-hydrogen) atoms. The lowest BCUT2D eigenvalue weighted by molar-refractivity contribution is 0.0233. The zero-order valence-electron chi connectivity index (χ0n) is 14.4. The van der Waals surface area contributed by atoms with E-state index in [-0.39, 0.29) is 6.04 Å². The van der Waals surface area contributed by atoms with E-state index < -0.39 is 32.8 Å². The second kappa shape index (κ2) is 5.62. The first-order valence-corrected chi connectivity index (χ1v) is 9.64. The summed E-state index contributed by atoms with van der Waals surface area (Å²) in [6, 6.07) is 6.19. The molecule has 3 rings (SSSR count). The first-order chi connectivity index (χ1) is 11.1. The lowest BCUT2D eigenvalue weighted by atomic mass is 10.1. The van der Waals surface area contributed by atoms with E-state index in [9.17, 15) is 13.2 Å². The Hall–Kier alpha value is -1.82. The normalized spacial score (nSPS) is 26.0. The summed E-state index contributed by atoms with van der Waals surface area (Å²) in [5, 5.41) is -0.622. The number of nitrogens with zero attached hydrogens (tertiary/aromatic N) is 1. The molecule has 1 aromatic carbocycles. The van der Waals surface area contributed by atoms with Gasteiger partial charge >= 0.3 is 6.09 Å². The number of hydrogen-bond donors (Lipinski definition) is 0. The number of sulfone groups is 1. The van der Waals surface area contributed by atoms with Gasteiger partial charge in [0.2, 0.25) is 0 Å². The lowest BCUT2D eigenvalue weighted by Crippen LogP contribution is -2.43. The van der Waals surface area contributed by atoms with Gasteiger partial charge in [-0.3, -0.25) is 4.90 Å². The summed E-state index contributed by atoms with van der Waals surface area (Å²) in [6.45, 7) is 7.32. The largest absolute Gasteiger partial charge is 0.444 e. The quantitative estimate of drug-likeness (QED) is 0.770. The van der Waals surface area contributed by atoms with E-state index in [2.05, 4.69) is 0 Å². The van der Waals surface area contributed by atoms with Gasteiger partial charge in [-0.1, -0.05) is 29.8 Å². The molecule has 6 heteroatoms. The van der Waals surface area contributed by atoms with Crippen LogP contribution in [-0.2, 0) is 14.6 Å². The summed E-state index contributed by atoms with van der Waals surface area (Å²) in [5.41, 5.74) is 0.405. The van der Waals surface area contributed by atoms with Crippen LogP contribution in [0.25, 0.3) is 0 Å². The molecule has 1 aromatic rings. The molecule has 0 unspecified atom stereocenters. The summed E-state index contributed by atoms with van der Waals surface area (Å²) < 4.78 is 31.4. The number of hydrogen-bond acceptors (Lipinski definition) is 4. The topological polar surface area (TPSA) is 63.7 Å². The Morgan fingerprint density at radius 3 is 2.38 bits per heavy atom. The third-order valence-electron chi connectivity index (χ3n) is 4.42. The van der Waals surface area contributed by atoms with Gasteiger partial charge in [-0.25, -0.2) is 13.2 Å². The van der Waals surface area contributed by atoms with Crippen molar-refractivity contribution in [1.29, 1.82) is 0 Å². The summed E-state index contributed by atoms with van der Waals surface area (Å²) in [5.74, 6) is 0. The minimum Gasteiger partial charge on any atom is -0.444 e. The van der Waals surface area contributed by atoms with Crippen molar-refractivity contribution in [1.82, 2.24) is 4.90 Å². The zero-order chi connectivity index (χ0) is 17.7. The Kier molecular flexibility index (Phi) is 3.98. The Bertz CT molecular complexity index is 774. The molecule has 2 bridgehead atoms. The molecule has 0 saturated carbocycles. The molecule has 0 radical (unpaired) electrons. The third-order valence-corrected chi connectivity index (χ3v) is 6.61. The molecule has 3 atom stereocenters. The highest BCUT2D eigenvalue weighted by Crippen LogP contribution is 2.39. The molecule has 0 aliphatic carbocycles. The number of carbonyl (C=O) groups is 1. The van der Waals surface area contributed by atoms with E-state index in [4.69, 9.17) is 4.74 Å². The fourth-order valence-corrected chi connectivity index (χ4v) is 5.21. The van der Waals surface area contributed by atoms with E-state index in [1.54, 1.807) is 49.9 Å². The molecule has 130 valence electrons. The molecule has 5 nitrogen and oxygen atoms in total. The van der Waals surface area contributed by atoms with Gasteiger partial charge in [-0.05, 0) is 46.2 Å². The van der Waals surface area contributed by atoms with Gasteiger partial charge in [0.25, 0.3) is 0 Å². The van der Waals surface area contributed by atoms with Gasteiger partial charge in [0.15, 0.2) is 9.84 Å². The fourth-order valence-electron chi connectivity index (χ4n) is 3.31. The summed E-state index contributed by atoms with van der Waals surface area (Å²) >= 11 is 0. The van der Waals surface area contributed by atoms with E-state index in [0.29, 0.717) is 11.3 Å². The molecule has 2 aliphatic heterocycles. The first-order valence-electron chi connectivity index (χ1n) is 8.10. The summed E-state index contributed by atoms with van der Waals surface area (Å²) in [6.07, 6.45) is 3.67. The Balaban J connectivity index is 1.86. The van der Waals surface area contributed by atoms with E-state index in [1.165, 1.54) is 0 Å². The molecular formula is C18H23NO4S. The maximum Gasteiger partial charge on any atom is 0.411 e. The third kappa shape index (κ3) is 2.95. The van der Waals surface area contributed by atoms with Crippen molar-refractivity contribution >= 4 is 15.9 Å². The molecule has 1 amide bonds. The highest BCUT2D eigenvalue weighted by Gasteiger charge is 2.52. The van der Waals surface area contributed by atoms with Crippen LogP contribution < -0.4 is 0 Å². The average molecular weight is 349 g/mol. The fraction of sp³-hybridized carbons (Fsp3) is 0.500. The maximum atomic E-state index is 13.0.